The summed E-state index contributed by atoms with van der Waals surface area (Å²) in [5.74, 6) is 2.09. The highest BCUT2D eigenvalue weighted by Gasteiger charge is 2.25. The second-order valence-electron chi connectivity index (χ2n) is 5.84. The average molecular weight is 276 g/mol. The Morgan fingerprint density at radius 3 is 3.05 bits per heavy atom. The molecule has 0 aromatic heterocycles. The van der Waals surface area contributed by atoms with E-state index in [1.54, 1.807) is 5.56 Å². The van der Waals surface area contributed by atoms with Crippen LogP contribution in [-0.2, 0) is 0 Å². The van der Waals surface area contributed by atoms with E-state index >= 15 is 0 Å². The van der Waals surface area contributed by atoms with E-state index in [1.165, 1.54) is 49.5 Å². The molecule has 19 heavy (non-hydrogen) atoms. The molecule has 1 aromatic carbocycles. The van der Waals surface area contributed by atoms with E-state index in [-0.39, 0.29) is 0 Å². The zero-order chi connectivity index (χ0) is 13.1. The molecule has 3 rings (SSSR count). The summed E-state index contributed by atoms with van der Waals surface area (Å²) in [7, 11) is 2.31. The molecule has 1 N–H and O–H groups in total. The quantitative estimate of drug-likeness (QED) is 0.913. The van der Waals surface area contributed by atoms with Gasteiger partial charge >= 0.3 is 0 Å². The standard InChI is InChI=1S/C16H24N2S/c1-18(12-13-5-4-9-17-11-13)15-8-10-19-16-7-3-2-6-14(15)16/h2-3,6-7,13,15,17H,4-5,8-12H2,1H3. The summed E-state index contributed by atoms with van der Waals surface area (Å²) < 4.78 is 0. The van der Waals surface area contributed by atoms with Crippen LogP contribution < -0.4 is 5.32 Å². The van der Waals surface area contributed by atoms with Gasteiger partial charge in [0.1, 0.15) is 0 Å². The molecular formula is C16H24N2S. The van der Waals surface area contributed by atoms with Crippen molar-refractivity contribution in [2.24, 2.45) is 5.92 Å². The highest BCUT2D eigenvalue weighted by atomic mass is 32.2. The van der Waals surface area contributed by atoms with Crippen LogP contribution in [0.1, 0.15) is 30.9 Å². The Balaban J connectivity index is 1.68. The third kappa shape index (κ3) is 3.15. The largest absolute Gasteiger partial charge is 0.316 e. The number of thioether (sulfide) groups is 1. The number of hydrogen-bond acceptors (Lipinski definition) is 3. The summed E-state index contributed by atoms with van der Waals surface area (Å²) >= 11 is 2.02. The van der Waals surface area contributed by atoms with Gasteiger partial charge in [0, 0.05) is 17.5 Å². The van der Waals surface area contributed by atoms with Gasteiger partial charge in [0.05, 0.1) is 0 Å². The van der Waals surface area contributed by atoms with Crippen molar-refractivity contribution < 1.29 is 0 Å². The molecule has 2 atom stereocenters. The van der Waals surface area contributed by atoms with Crippen molar-refractivity contribution in [2.75, 3.05) is 32.4 Å². The van der Waals surface area contributed by atoms with Crippen LogP contribution in [0.25, 0.3) is 0 Å². The molecule has 0 bridgehead atoms. The SMILES string of the molecule is CN(CC1CCCNC1)C1CCSc2ccccc21. The number of piperidine rings is 1. The molecule has 2 nitrogen and oxygen atoms in total. The second-order valence-corrected chi connectivity index (χ2v) is 6.98. The van der Waals surface area contributed by atoms with Gasteiger partial charge in [-0.05, 0) is 62.7 Å². The topological polar surface area (TPSA) is 15.3 Å². The number of benzene rings is 1. The lowest BCUT2D eigenvalue weighted by Crippen LogP contribution is -2.38. The van der Waals surface area contributed by atoms with E-state index in [0.717, 1.165) is 5.92 Å². The predicted octanol–water partition coefficient (Wildman–Crippen LogP) is 3.15. The summed E-state index contributed by atoms with van der Waals surface area (Å²) in [6.07, 6.45) is 4.02. The van der Waals surface area contributed by atoms with Crippen LogP contribution in [0.2, 0.25) is 0 Å². The van der Waals surface area contributed by atoms with Crippen molar-refractivity contribution in [1.29, 1.82) is 0 Å². The van der Waals surface area contributed by atoms with Crippen LogP contribution in [0.5, 0.6) is 0 Å². The summed E-state index contributed by atoms with van der Waals surface area (Å²) in [4.78, 5) is 4.09. The maximum absolute atomic E-state index is 3.53. The summed E-state index contributed by atoms with van der Waals surface area (Å²) in [5.41, 5.74) is 1.55. The fourth-order valence-corrected chi connectivity index (χ4v) is 4.50. The molecule has 0 aliphatic carbocycles. The third-order valence-corrected chi connectivity index (χ3v) is 5.53. The van der Waals surface area contributed by atoms with Crippen LogP contribution in [0.3, 0.4) is 0 Å². The predicted molar refractivity (Wildman–Crippen MR) is 82.7 cm³/mol. The van der Waals surface area contributed by atoms with Crippen molar-refractivity contribution in [3.8, 4) is 0 Å². The van der Waals surface area contributed by atoms with Crippen molar-refractivity contribution >= 4 is 11.8 Å². The molecule has 0 saturated carbocycles. The van der Waals surface area contributed by atoms with Gasteiger partial charge in [-0.3, -0.25) is 4.90 Å². The maximum atomic E-state index is 3.53. The molecule has 2 heterocycles. The summed E-state index contributed by atoms with van der Waals surface area (Å²) in [6.45, 7) is 3.65. The van der Waals surface area contributed by atoms with Crippen molar-refractivity contribution in [2.45, 2.75) is 30.2 Å². The normalized spacial score (nSPS) is 27.3. The van der Waals surface area contributed by atoms with Crippen molar-refractivity contribution in [3.05, 3.63) is 29.8 Å². The first-order valence-corrected chi connectivity index (χ1v) is 8.46. The summed E-state index contributed by atoms with van der Waals surface area (Å²) in [6, 6.07) is 9.58. The molecule has 1 saturated heterocycles. The van der Waals surface area contributed by atoms with Crippen LogP contribution in [0, 0.1) is 5.92 Å². The van der Waals surface area contributed by atoms with E-state index in [1.807, 2.05) is 11.8 Å². The van der Waals surface area contributed by atoms with E-state index in [2.05, 4.69) is 41.5 Å². The van der Waals surface area contributed by atoms with Gasteiger partial charge in [-0.25, -0.2) is 0 Å². The first-order chi connectivity index (χ1) is 9.34. The third-order valence-electron chi connectivity index (χ3n) is 4.40. The van der Waals surface area contributed by atoms with Crippen LogP contribution >= 0.6 is 11.8 Å². The molecule has 0 spiro atoms. The van der Waals surface area contributed by atoms with Crippen LogP contribution in [0.15, 0.2) is 29.2 Å². The second kappa shape index (κ2) is 6.29. The van der Waals surface area contributed by atoms with Crippen LogP contribution in [-0.4, -0.2) is 37.3 Å². The highest BCUT2D eigenvalue weighted by Crippen LogP contribution is 2.38. The van der Waals surface area contributed by atoms with E-state index < -0.39 is 0 Å². The first kappa shape index (κ1) is 13.5. The number of fused-ring (bicyclic) bond motifs is 1. The Morgan fingerprint density at radius 2 is 2.21 bits per heavy atom. The van der Waals surface area contributed by atoms with Gasteiger partial charge < -0.3 is 5.32 Å². The smallest absolute Gasteiger partial charge is 0.0364 e. The minimum atomic E-state index is 0.624. The zero-order valence-corrected chi connectivity index (χ0v) is 12.6. The maximum Gasteiger partial charge on any atom is 0.0364 e. The minimum Gasteiger partial charge on any atom is -0.316 e. The fourth-order valence-electron chi connectivity index (χ4n) is 3.40. The molecule has 2 aliphatic rings. The Morgan fingerprint density at radius 1 is 1.32 bits per heavy atom. The lowest BCUT2D eigenvalue weighted by molar-refractivity contribution is 0.182. The number of hydrogen-bond donors (Lipinski definition) is 1. The average Bonchev–Trinajstić information content (AvgIpc) is 2.47. The molecule has 104 valence electrons. The first-order valence-electron chi connectivity index (χ1n) is 7.47. The van der Waals surface area contributed by atoms with E-state index in [4.69, 9.17) is 0 Å². The van der Waals surface area contributed by atoms with Crippen molar-refractivity contribution in [3.63, 3.8) is 0 Å². The molecule has 2 aliphatic heterocycles. The molecule has 0 radical (unpaired) electrons. The van der Waals surface area contributed by atoms with Gasteiger partial charge in [0.2, 0.25) is 0 Å². The fraction of sp³-hybridized carbons (Fsp3) is 0.625. The Bertz CT molecular complexity index is 415. The zero-order valence-electron chi connectivity index (χ0n) is 11.8. The molecule has 1 aromatic rings. The molecule has 1 fully saturated rings. The Hall–Kier alpha value is -0.510. The Kier molecular flexibility index (Phi) is 4.46. The van der Waals surface area contributed by atoms with Gasteiger partial charge in [0.15, 0.2) is 0 Å². The molecule has 0 amide bonds. The van der Waals surface area contributed by atoms with Gasteiger partial charge in [-0.2, -0.15) is 0 Å². The van der Waals surface area contributed by atoms with Crippen LogP contribution in [0.4, 0.5) is 0 Å². The molecule has 3 heteroatoms. The lowest BCUT2D eigenvalue weighted by atomic mass is 9.96. The summed E-state index contributed by atoms with van der Waals surface area (Å²) in [5, 5.41) is 3.53. The molecular weight excluding hydrogens is 252 g/mol. The number of nitrogens with one attached hydrogen (secondary N) is 1. The monoisotopic (exact) mass is 276 g/mol. The van der Waals surface area contributed by atoms with Gasteiger partial charge in [0.25, 0.3) is 0 Å². The van der Waals surface area contributed by atoms with E-state index in [9.17, 15) is 0 Å². The Labute approximate surface area is 121 Å². The molecule has 2 unspecified atom stereocenters. The van der Waals surface area contributed by atoms with Gasteiger partial charge in [-0.15, -0.1) is 11.8 Å². The van der Waals surface area contributed by atoms with Gasteiger partial charge in [-0.1, -0.05) is 18.2 Å². The number of nitrogens with zero attached hydrogens (tertiary/aromatic N) is 1. The lowest BCUT2D eigenvalue weighted by Gasteiger charge is -2.36. The minimum absolute atomic E-state index is 0.624. The van der Waals surface area contributed by atoms with E-state index in [0.29, 0.717) is 6.04 Å². The highest BCUT2D eigenvalue weighted by molar-refractivity contribution is 7.99. The number of rotatable bonds is 3. The van der Waals surface area contributed by atoms with Crippen molar-refractivity contribution in [1.82, 2.24) is 10.2 Å².